The molecule has 2 heterocycles. The highest BCUT2D eigenvalue weighted by molar-refractivity contribution is 5.89. The fourth-order valence-electron chi connectivity index (χ4n) is 3.21. The zero-order valence-corrected chi connectivity index (χ0v) is 13.1. The van der Waals surface area contributed by atoms with E-state index in [-0.39, 0.29) is 12.1 Å². The van der Waals surface area contributed by atoms with Crippen LogP contribution in [0.2, 0.25) is 0 Å². The third-order valence-electron chi connectivity index (χ3n) is 4.63. The largest absolute Gasteiger partial charge is 0.322 e. The van der Waals surface area contributed by atoms with Crippen LogP contribution in [-0.2, 0) is 0 Å². The van der Waals surface area contributed by atoms with Crippen molar-refractivity contribution in [2.45, 2.75) is 31.7 Å². The molecule has 2 aromatic rings. The molecule has 4 rings (SSSR count). The normalized spacial score (nSPS) is 23.3. The first kappa shape index (κ1) is 14.2. The van der Waals surface area contributed by atoms with E-state index >= 15 is 0 Å². The molecule has 0 bridgehead atoms. The van der Waals surface area contributed by atoms with Gasteiger partial charge in [-0.15, -0.1) is 0 Å². The molecule has 5 nitrogen and oxygen atoms in total. The quantitative estimate of drug-likeness (QED) is 0.943. The summed E-state index contributed by atoms with van der Waals surface area (Å²) >= 11 is 0. The third kappa shape index (κ3) is 2.79. The summed E-state index contributed by atoms with van der Waals surface area (Å²) in [7, 11) is 0. The maximum atomic E-state index is 12.5. The van der Waals surface area contributed by atoms with Crippen LogP contribution in [0.3, 0.4) is 0 Å². The van der Waals surface area contributed by atoms with Crippen molar-refractivity contribution in [1.29, 1.82) is 0 Å². The summed E-state index contributed by atoms with van der Waals surface area (Å²) in [4.78, 5) is 23.1. The molecule has 2 aliphatic rings. The molecule has 1 aromatic heterocycles. The van der Waals surface area contributed by atoms with Crippen LogP contribution in [-0.4, -0.2) is 27.4 Å². The lowest BCUT2D eigenvalue weighted by molar-refractivity contribution is 0.0671. The number of hydrogen-bond acceptors (Lipinski definition) is 3. The Bertz CT molecular complexity index is 697. The van der Waals surface area contributed by atoms with E-state index in [1.807, 2.05) is 23.1 Å². The monoisotopic (exact) mass is 308 g/mol. The summed E-state index contributed by atoms with van der Waals surface area (Å²) in [5, 5.41) is 2.91. The second kappa shape index (κ2) is 5.65. The predicted molar refractivity (Wildman–Crippen MR) is 88.1 cm³/mol. The lowest BCUT2D eigenvalue weighted by Gasteiger charge is -2.46. The summed E-state index contributed by atoms with van der Waals surface area (Å²) in [6, 6.07) is 10.2. The molecule has 1 saturated heterocycles. The van der Waals surface area contributed by atoms with Gasteiger partial charge in [-0.3, -0.25) is 0 Å². The molecule has 0 radical (unpaired) electrons. The molecular formula is C18H20N4O. The maximum Gasteiger partial charge on any atom is 0.322 e. The topological polar surface area (TPSA) is 58.1 Å². The molecule has 1 N–H and O–H groups in total. The van der Waals surface area contributed by atoms with Gasteiger partial charge >= 0.3 is 6.03 Å². The Morgan fingerprint density at radius 3 is 2.48 bits per heavy atom. The molecule has 1 aromatic carbocycles. The highest BCUT2D eigenvalue weighted by Gasteiger charge is 2.40. The molecule has 5 heteroatoms. The minimum atomic E-state index is -0.0836. The predicted octanol–water partition coefficient (Wildman–Crippen LogP) is 3.58. The van der Waals surface area contributed by atoms with E-state index in [4.69, 9.17) is 0 Å². The van der Waals surface area contributed by atoms with Crippen molar-refractivity contribution >= 4 is 11.7 Å². The van der Waals surface area contributed by atoms with Gasteiger partial charge in [0.1, 0.15) is 5.82 Å². The number of carbonyl (C=O) groups is 1. The second-order valence-electron chi connectivity index (χ2n) is 6.52. The fraction of sp³-hybridized carbons (Fsp3) is 0.389. The number of nitrogens with one attached hydrogen (secondary N) is 1. The van der Waals surface area contributed by atoms with Crippen molar-refractivity contribution in [1.82, 2.24) is 14.9 Å². The third-order valence-corrected chi connectivity index (χ3v) is 4.63. The van der Waals surface area contributed by atoms with E-state index in [0.717, 1.165) is 12.4 Å². The SMILES string of the molecule is C[C@@H]1CN(C(=O)Nc2cnc(C3CC3)nc2)[C@@H]1c1ccccc1. The van der Waals surface area contributed by atoms with Crippen LogP contribution < -0.4 is 5.32 Å². The highest BCUT2D eigenvalue weighted by atomic mass is 16.2. The van der Waals surface area contributed by atoms with Crippen LogP contribution >= 0.6 is 0 Å². The van der Waals surface area contributed by atoms with Gasteiger partial charge in [-0.05, 0) is 24.3 Å². The van der Waals surface area contributed by atoms with Gasteiger partial charge in [0.05, 0.1) is 24.1 Å². The Hall–Kier alpha value is -2.43. The molecule has 2 atom stereocenters. The number of nitrogens with zero attached hydrogens (tertiary/aromatic N) is 3. The molecule has 1 saturated carbocycles. The lowest BCUT2D eigenvalue weighted by Crippen LogP contribution is -2.53. The van der Waals surface area contributed by atoms with Crippen molar-refractivity contribution in [2.24, 2.45) is 5.92 Å². The van der Waals surface area contributed by atoms with Crippen LogP contribution in [0.5, 0.6) is 0 Å². The van der Waals surface area contributed by atoms with Crippen LogP contribution in [0.1, 0.15) is 43.1 Å². The average molecular weight is 308 g/mol. The summed E-state index contributed by atoms with van der Waals surface area (Å²) in [5.41, 5.74) is 1.84. The fourth-order valence-corrected chi connectivity index (χ4v) is 3.21. The smallest absolute Gasteiger partial charge is 0.317 e. The Morgan fingerprint density at radius 2 is 1.87 bits per heavy atom. The zero-order valence-electron chi connectivity index (χ0n) is 13.1. The summed E-state index contributed by atoms with van der Waals surface area (Å²) in [6.07, 6.45) is 5.77. The number of amides is 2. The average Bonchev–Trinajstić information content (AvgIpc) is 3.39. The summed E-state index contributed by atoms with van der Waals surface area (Å²) in [5.74, 6) is 1.89. The minimum absolute atomic E-state index is 0.0836. The Morgan fingerprint density at radius 1 is 1.17 bits per heavy atom. The number of aromatic nitrogens is 2. The van der Waals surface area contributed by atoms with Gasteiger partial charge in [-0.2, -0.15) is 0 Å². The van der Waals surface area contributed by atoms with E-state index in [0.29, 0.717) is 17.5 Å². The Kier molecular flexibility index (Phi) is 3.48. The van der Waals surface area contributed by atoms with Gasteiger partial charge in [-0.25, -0.2) is 14.8 Å². The van der Waals surface area contributed by atoms with Gasteiger partial charge in [0.15, 0.2) is 0 Å². The van der Waals surface area contributed by atoms with Gasteiger partial charge in [-0.1, -0.05) is 37.3 Å². The first-order valence-corrected chi connectivity index (χ1v) is 8.17. The number of hydrogen-bond donors (Lipinski definition) is 1. The van der Waals surface area contributed by atoms with Gasteiger partial charge < -0.3 is 10.2 Å². The highest BCUT2D eigenvalue weighted by Crippen LogP contribution is 2.39. The molecule has 2 amide bonds. The van der Waals surface area contributed by atoms with Crippen molar-refractivity contribution in [3.8, 4) is 0 Å². The first-order valence-electron chi connectivity index (χ1n) is 8.17. The number of benzene rings is 1. The molecule has 1 aliphatic carbocycles. The number of urea groups is 1. The number of anilines is 1. The van der Waals surface area contributed by atoms with Crippen molar-refractivity contribution in [3.05, 3.63) is 54.1 Å². The second-order valence-corrected chi connectivity index (χ2v) is 6.52. The van der Waals surface area contributed by atoms with E-state index < -0.39 is 0 Å². The van der Waals surface area contributed by atoms with Gasteiger partial charge in [0, 0.05) is 12.5 Å². The van der Waals surface area contributed by atoms with Crippen molar-refractivity contribution < 1.29 is 4.79 Å². The molecule has 1 aliphatic heterocycles. The van der Waals surface area contributed by atoms with E-state index in [1.165, 1.54) is 18.4 Å². The number of carbonyl (C=O) groups excluding carboxylic acids is 1. The maximum absolute atomic E-state index is 12.5. The Labute approximate surface area is 135 Å². The van der Waals surface area contributed by atoms with E-state index in [2.05, 4.69) is 34.3 Å². The molecular weight excluding hydrogens is 288 g/mol. The molecule has 118 valence electrons. The number of rotatable bonds is 3. The standard InChI is InChI=1S/C18H20N4O/c1-12-11-22(16(12)13-5-3-2-4-6-13)18(23)21-15-9-19-17(20-10-15)14-7-8-14/h2-6,9-10,12,14,16H,7-8,11H2,1H3,(H,21,23)/t12-,16+/m1/s1. The van der Waals surface area contributed by atoms with Gasteiger partial charge in [0.25, 0.3) is 0 Å². The van der Waals surface area contributed by atoms with Crippen LogP contribution in [0.15, 0.2) is 42.7 Å². The van der Waals surface area contributed by atoms with E-state index in [1.54, 1.807) is 12.4 Å². The summed E-state index contributed by atoms with van der Waals surface area (Å²) < 4.78 is 0. The molecule has 0 spiro atoms. The molecule has 23 heavy (non-hydrogen) atoms. The molecule has 2 fully saturated rings. The number of likely N-dealkylation sites (tertiary alicyclic amines) is 1. The zero-order chi connectivity index (χ0) is 15.8. The first-order chi connectivity index (χ1) is 11.2. The van der Waals surface area contributed by atoms with E-state index in [9.17, 15) is 4.79 Å². The van der Waals surface area contributed by atoms with Crippen molar-refractivity contribution in [2.75, 3.05) is 11.9 Å². The van der Waals surface area contributed by atoms with Crippen LogP contribution in [0.4, 0.5) is 10.5 Å². The lowest BCUT2D eigenvalue weighted by atomic mass is 9.85. The van der Waals surface area contributed by atoms with Gasteiger partial charge in [0.2, 0.25) is 0 Å². The minimum Gasteiger partial charge on any atom is -0.317 e. The van der Waals surface area contributed by atoms with Crippen LogP contribution in [0.25, 0.3) is 0 Å². The van der Waals surface area contributed by atoms with Crippen LogP contribution in [0, 0.1) is 5.92 Å². The Balaban J connectivity index is 1.44. The van der Waals surface area contributed by atoms with Crippen molar-refractivity contribution in [3.63, 3.8) is 0 Å². The molecule has 0 unspecified atom stereocenters. The summed E-state index contributed by atoms with van der Waals surface area (Å²) in [6.45, 7) is 2.95.